The lowest BCUT2D eigenvalue weighted by Crippen LogP contribution is -2.38. The summed E-state index contributed by atoms with van der Waals surface area (Å²) in [6.07, 6.45) is 0.136. The lowest BCUT2D eigenvalue weighted by Gasteiger charge is -2.30. The van der Waals surface area contributed by atoms with Gasteiger partial charge in [-0.05, 0) is 44.2 Å². The highest BCUT2D eigenvalue weighted by Crippen LogP contribution is 2.42. The molecule has 1 aromatic carbocycles. The number of hydrogen-bond acceptors (Lipinski definition) is 7. The van der Waals surface area contributed by atoms with Crippen molar-refractivity contribution in [1.29, 1.82) is 0 Å². The number of nitrogens with zero attached hydrogens (tertiary/aromatic N) is 4. The van der Waals surface area contributed by atoms with Crippen molar-refractivity contribution >= 4 is 29.2 Å². The fourth-order valence-electron chi connectivity index (χ4n) is 3.81. The summed E-state index contributed by atoms with van der Waals surface area (Å²) in [5.41, 5.74) is 0.769. The molecule has 1 amide bonds. The van der Waals surface area contributed by atoms with Crippen LogP contribution in [0.1, 0.15) is 36.3 Å². The van der Waals surface area contributed by atoms with Crippen molar-refractivity contribution in [3.63, 3.8) is 0 Å². The van der Waals surface area contributed by atoms with Crippen molar-refractivity contribution < 1.29 is 22.7 Å². The van der Waals surface area contributed by atoms with E-state index in [4.69, 9.17) is 9.72 Å². The van der Waals surface area contributed by atoms with Crippen molar-refractivity contribution in [2.45, 2.75) is 37.0 Å². The molecule has 0 spiro atoms. The van der Waals surface area contributed by atoms with E-state index in [-0.39, 0.29) is 12.0 Å². The fraction of sp³-hybridized carbons (Fsp3) is 0.391. The molecule has 0 aliphatic carbocycles. The number of piperidine rings is 1. The van der Waals surface area contributed by atoms with Crippen LogP contribution < -0.4 is 0 Å². The largest absolute Gasteiger partial charge is 0.450 e. The van der Waals surface area contributed by atoms with E-state index in [2.05, 4.69) is 9.97 Å². The second-order valence-electron chi connectivity index (χ2n) is 7.70. The Balaban J connectivity index is 1.71. The first-order valence-corrected chi connectivity index (χ1v) is 12.8. The normalized spacial score (nSPS) is 14.9. The van der Waals surface area contributed by atoms with Gasteiger partial charge in [0, 0.05) is 30.8 Å². The number of amides is 1. The van der Waals surface area contributed by atoms with Crippen LogP contribution in [0.15, 0.2) is 41.7 Å². The Labute approximate surface area is 203 Å². The molecule has 2 aromatic heterocycles. The predicted molar refractivity (Wildman–Crippen MR) is 126 cm³/mol. The Morgan fingerprint density at radius 2 is 2.00 bits per heavy atom. The molecule has 3 heterocycles. The second kappa shape index (κ2) is 10.3. The van der Waals surface area contributed by atoms with Crippen LogP contribution in [0.4, 0.5) is 18.0 Å². The van der Waals surface area contributed by atoms with Crippen LogP contribution in [0.2, 0.25) is 0 Å². The molecule has 11 heteroatoms. The number of alkyl halides is 3. The van der Waals surface area contributed by atoms with Gasteiger partial charge in [-0.15, -0.1) is 11.3 Å². The third kappa shape index (κ3) is 5.35. The number of hydrogen-bond donors (Lipinski definition) is 0. The quantitative estimate of drug-likeness (QED) is 0.296. The van der Waals surface area contributed by atoms with Gasteiger partial charge in [0.05, 0.1) is 33.4 Å². The fourth-order valence-corrected chi connectivity index (χ4v) is 5.40. The van der Waals surface area contributed by atoms with Gasteiger partial charge in [-0.3, -0.25) is 0 Å². The van der Waals surface area contributed by atoms with E-state index in [0.29, 0.717) is 59.5 Å². The zero-order valence-corrected chi connectivity index (χ0v) is 20.3. The summed E-state index contributed by atoms with van der Waals surface area (Å²) in [4.78, 5) is 28.0. The molecule has 1 fully saturated rings. The highest BCUT2D eigenvalue weighted by atomic mass is 32.2. The van der Waals surface area contributed by atoms with Gasteiger partial charge in [-0.25, -0.2) is 19.7 Å². The molecular formula is C23H23F3N4O2S2. The Morgan fingerprint density at radius 1 is 1.24 bits per heavy atom. The van der Waals surface area contributed by atoms with Crippen LogP contribution in [0, 0.1) is 0 Å². The number of carbonyl (C=O) groups excluding carboxylic acids is 1. The van der Waals surface area contributed by atoms with E-state index in [1.54, 1.807) is 30.2 Å². The van der Waals surface area contributed by atoms with Crippen LogP contribution in [0.5, 0.6) is 0 Å². The molecule has 6 nitrogen and oxygen atoms in total. The monoisotopic (exact) mass is 508 g/mol. The number of ether oxygens (including phenoxy) is 1. The zero-order valence-electron chi connectivity index (χ0n) is 18.6. The minimum absolute atomic E-state index is 0.0934. The second-order valence-corrected chi connectivity index (χ2v) is 9.50. The number of likely N-dealkylation sites (tertiary alicyclic amines) is 1. The smallest absolute Gasteiger partial charge is 0.416 e. The molecule has 0 unspecified atom stereocenters. The number of aromatic nitrogens is 3. The summed E-state index contributed by atoms with van der Waals surface area (Å²) in [7, 11) is 0. The van der Waals surface area contributed by atoms with E-state index in [0.717, 1.165) is 17.1 Å². The number of rotatable bonds is 5. The van der Waals surface area contributed by atoms with Gasteiger partial charge >= 0.3 is 12.3 Å². The van der Waals surface area contributed by atoms with E-state index in [9.17, 15) is 18.0 Å². The summed E-state index contributed by atoms with van der Waals surface area (Å²) in [6.45, 7) is 3.18. The third-order valence-corrected chi connectivity index (χ3v) is 7.33. The Kier molecular flexibility index (Phi) is 7.42. The number of thiazole rings is 1. The molecular weight excluding hydrogens is 485 g/mol. The first-order valence-electron chi connectivity index (χ1n) is 10.8. The molecule has 0 N–H and O–H groups in total. The third-order valence-electron chi connectivity index (χ3n) is 5.53. The molecule has 4 rings (SSSR count). The summed E-state index contributed by atoms with van der Waals surface area (Å²) >= 11 is 2.83. The van der Waals surface area contributed by atoms with Crippen LogP contribution in [-0.4, -0.2) is 51.9 Å². The SMILES string of the molecule is CCOC(=O)N1CCC(c2nc(-c3cccc(C(F)(F)F)c3)c(-c3ccnc(SC)n3)s2)CC1. The molecule has 180 valence electrons. The molecule has 1 aliphatic rings. The standard InChI is InChI=1S/C23H23F3N4O2S2/c1-3-32-22(31)30-11-8-14(9-12-30)20-29-18(15-5-4-6-16(13-15)23(24,25)26)19(34-20)17-7-10-27-21(28-17)33-2/h4-7,10,13-14H,3,8-9,11-12H2,1-2H3. The maximum Gasteiger partial charge on any atom is 0.416 e. The van der Waals surface area contributed by atoms with Gasteiger partial charge in [-0.1, -0.05) is 23.9 Å². The van der Waals surface area contributed by atoms with Crippen LogP contribution in [0.3, 0.4) is 0 Å². The van der Waals surface area contributed by atoms with E-state index >= 15 is 0 Å². The first-order chi connectivity index (χ1) is 16.3. The average molecular weight is 509 g/mol. The summed E-state index contributed by atoms with van der Waals surface area (Å²) in [5.74, 6) is 0.0934. The molecule has 0 saturated carbocycles. The van der Waals surface area contributed by atoms with Crippen LogP contribution >= 0.6 is 23.1 Å². The van der Waals surface area contributed by atoms with Gasteiger partial charge in [0.25, 0.3) is 0 Å². The van der Waals surface area contributed by atoms with E-state index < -0.39 is 11.7 Å². The molecule has 0 bridgehead atoms. The predicted octanol–water partition coefficient (Wildman–Crippen LogP) is 6.34. The molecule has 0 atom stereocenters. The van der Waals surface area contributed by atoms with Gasteiger partial charge in [0.15, 0.2) is 5.16 Å². The summed E-state index contributed by atoms with van der Waals surface area (Å²) in [5, 5.41) is 1.40. The highest BCUT2D eigenvalue weighted by Gasteiger charge is 2.32. The number of thioether (sulfide) groups is 1. The van der Waals surface area contributed by atoms with Gasteiger partial charge in [-0.2, -0.15) is 13.2 Å². The molecule has 34 heavy (non-hydrogen) atoms. The maximum atomic E-state index is 13.4. The van der Waals surface area contributed by atoms with E-state index in [1.165, 1.54) is 29.2 Å². The lowest BCUT2D eigenvalue weighted by molar-refractivity contribution is -0.137. The zero-order chi connectivity index (χ0) is 24.3. The highest BCUT2D eigenvalue weighted by molar-refractivity contribution is 7.98. The Bertz CT molecular complexity index is 1160. The summed E-state index contributed by atoms with van der Waals surface area (Å²) in [6, 6.07) is 6.96. The lowest BCUT2D eigenvalue weighted by atomic mass is 9.98. The van der Waals surface area contributed by atoms with Crippen LogP contribution in [0.25, 0.3) is 21.8 Å². The van der Waals surface area contributed by atoms with Gasteiger partial charge in [0.2, 0.25) is 0 Å². The number of benzene rings is 1. The summed E-state index contributed by atoms with van der Waals surface area (Å²) < 4.78 is 45.2. The average Bonchev–Trinajstić information content (AvgIpc) is 3.29. The molecule has 0 radical (unpaired) electrons. The topological polar surface area (TPSA) is 68.2 Å². The van der Waals surface area contributed by atoms with Crippen LogP contribution in [-0.2, 0) is 10.9 Å². The minimum atomic E-state index is -4.45. The van der Waals surface area contributed by atoms with Crippen molar-refractivity contribution in [2.24, 2.45) is 0 Å². The van der Waals surface area contributed by atoms with Crippen molar-refractivity contribution in [2.75, 3.05) is 26.0 Å². The molecule has 1 aliphatic heterocycles. The maximum absolute atomic E-state index is 13.4. The van der Waals surface area contributed by atoms with Crippen molar-refractivity contribution in [1.82, 2.24) is 19.9 Å². The molecule has 1 saturated heterocycles. The molecule has 3 aromatic rings. The first kappa shape index (κ1) is 24.5. The van der Waals surface area contributed by atoms with Crippen molar-refractivity contribution in [3.05, 3.63) is 47.1 Å². The Morgan fingerprint density at radius 3 is 2.68 bits per heavy atom. The van der Waals surface area contributed by atoms with Crippen molar-refractivity contribution in [3.8, 4) is 21.8 Å². The van der Waals surface area contributed by atoms with Gasteiger partial charge < -0.3 is 9.64 Å². The number of halogens is 3. The van der Waals surface area contributed by atoms with Gasteiger partial charge in [0.1, 0.15) is 0 Å². The van der Waals surface area contributed by atoms with E-state index in [1.807, 2.05) is 6.26 Å². The minimum Gasteiger partial charge on any atom is -0.450 e. The Hall–Kier alpha value is -2.66. The number of carbonyl (C=O) groups is 1.